The first-order valence-corrected chi connectivity index (χ1v) is 5.47. The van der Waals surface area contributed by atoms with E-state index in [-0.39, 0.29) is 5.91 Å². The Labute approximate surface area is 106 Å². The van der Waals surface area contributed by atoms with Crippen LogP contribution in [0.2, 0.25) is 0 Å². The van der Waals surface area contributed by atoms with Gasteiger partial charge in [-0.25, -0.2) is 0 Å². The zero-order valence-electron chi connectivity index (χ0n) is 10.7. The molecule has 1 aromatic carbocycles. The lowest BCUT2D eigenvalue weighted by atomic mass is 10.0. The maximum Gasteiger partial charge on any atom is 0.251 e. The molecule has 0 aliphatic heterocycles. The van der Waals surface area contributed by atoms with Crippen molar-refractivity contribution in [3.8, 4) is 0 Å². The molecule has 0 aromatic heterocycles. The van der Waals surface area contributed by atoms with Crippen LogP contribution in [0, 0.1) is 0 Å². The van der Waals surface area contributed by atoms with Gasteiger partial charge >= 0.3 is 0 Å². The van der Waals surface area contributed by atoms with Crippen LogP contribution >= 0.6 is 0 Å². The number of benzene rings is 1. The summed E-state index contributed by atoms with van der Waals surface area (Å²) in [5.74, 6) is -0.709. The van der Waals surface area contributed by atoms with E-state index in [2.05, 4.69) is 10.6 Å². The normalized spacial score (nSPS) is 10.8. The Kier molecular flexibility index (Phi) is 3.80. The van der Waals surface area contributed by atoms with Crippen LogP contribution in [-0.4, -0.2) is 24.4 Å². The number of carbonyl (C=O) groups excluding carboxylic acids is 2. The zero-order valence-corrected chi connectivity index (χ0v) is 10.7. The van der Waals surface area contributed by atoms with Gasteiger partial charge in [-0.3, -0.25) is 9.59 Å². The molecule has 1 aromatic rings. The van der Waals surface area contributed by atoms with E-state index in [9.17, 15) is 9.59 Å². The number of carbonyl (C=O) groups is 2. The molecule has 0 fully saturated rings. The van der Waals surface area contributed by atoms with Gasteiger partial charge in [0.1, 0.15) is 5.54 Å². The number of rotatable bonds is 4. The Balaban J connectivity index is 3.00. The minimum absolute atomic E-state index is 0.220. The van der Waals surface area contributed by atoms with Crippen LogP contribution in [0.15, 0.2) is 18.2 Å². The van der Waals surface area contributed by atoms with Crippen LogP contribution in [0.25, 0.3) is 0 Å². The summed E-state index contributed by atoms with van der Waals surface area (Å²) in [4.78, 5) is 22.6. The van der Waals surface area contributed by atoms with E-state index in [0.29, 0.717) is 16.9 Å². The van der Waals surface area contributed by atoms with E-state index in [1.54, 1.807) is 33.0 Å². The average molecular weight is 250 g/mol. The minimum atomic E-state index is -0.914. The second-order valence-corrected chi connectivity index (χ2v) is 4.50. The van der Waals surface area contributed by atoms with E-state index in [0.717, 1.165) is 0 Å². The topological polar surface area (TPSA) is 110 Å². The highest BCUT2D eigenvalue weighted by atomic mass is 16.2. The summed E-state index contributed by atoms with van der Waals surface area (Å²) in [6.45, 7) is 3.31. The third-order valence-electron chi connectivity index (χ3n) is 2.60. The number of nitrogens with two attached hydrogens (primary N) is 2. The fourth-order valence-electron chi connectivity index (χ4n) is 1.36. The van der Waals surface area contributed by atoms with Gasteiger partial charge in [0, 0.05) is 12.6 Å². The number of nitrogen functional groups attached to an aromatic ring is 1. The first-order chi connectivity index (χ1) is 8.27. The van der Waals surface area contributed by atoms with Crippen molar-refractivity contribution in [1.82, 2.24) is 5.32 Å². The molecule has 98 valence electrons. The van der Waals surface area contributed by atoms with Crippen LogP contribution < -0.4 is 22.1 Å². The molecule has 6 nitrogen and oxygen atoms in total. The second-order valence-electron chi connectivity index (χ2n) is 4.50. The van der Waals surface area contributed by atoms with Crippen LogP contribution in [0.4, 0.5) is 11.4 Å². The fraction of sp³-hybridized carbons (Fsp3) is 0.333. The van der Waals surface area contributed by atoms with Crippen molar-refractivity contribution in [3.05, 3.63) is 23.8 Å². The van der Waals surface area contributed by atoms with Crippen molar-refractivity contribution in [2.45, 2.75) is 19.4 Å². The third kappa shape index (κ3) is 2.91. The zero-order chi connectivity index (χ0) is 13.9. The highest BCUT2D eigenvalue weighted by Crippen LogP contribution is 2.23. The van der Waals surface area contributed by atoms with Crippen molar-refractivity contribution in [2.75, 3.05) is 18.1 Å². The van der Waals surface area contributed by atoms with Crippen molar-refractivity contribution >= 4 is 23.2 Å². The molecule has 18 heavy (non-hydrogen) atoms. The van der Waals surface area contributed by atoms with E-state index >= 15 is 0 Å². The largest absolute Gasteiger partial charge is 0.397 e. The van der Waals surface area contributed by atoms with Crippen molar-refractivity contribution in [3.63, 3.8) is 0 Å². The van der Waals surface area contributed by atoms with Gasteiger partial charge in [-0.15, -0.1) is 0 Å². The summed E-state index contributed by atoms with van der Waals surface area (Å²) < 4.78 is 0. The molecular formula is C12H18N4O2. The molecule has 0 spiro atoms. The van der Waals surface area contributed by atoms with Crippen LogP contribution in [0.5, 0.6) is 0 Å². The molecule has 0 bridgehead atoms. The molecular weight excluding hydrogens is 232 g/mol. The first-order valence-electron chi connectivity index (χ1n) is 5.47. The van der Waals surface area contributed by atoms with Gasteiger partial charge in [-0.2, -0.15) is 0 Å². The summed E-state index contributed by atoms with van der Waals surface area (Å²) >= 11 is 0. The third-order valence-corrected chi connectivity index (χ3v) is 2.60. The summed E-state index contributed by atoms with van der Waals surface area (Å²) in [5.41, 5.74) is 11.6. The number of anilines is 2. The Morgan fingerprint density at radius 3 is 2.33 bits per heavy atom. The molecule has 0 aliphatic rings. The Morgan fingerprint density at radius 1 is 1.28 bits per heavy atom. The Morgan fingerprint density at radius 2 is 1.89 bits per heavy atom. The molecule has 0 unspecified atom stereocenters. The predicted molar refractivity (Wildman–Crippen MR) is 71.1 cm³/mol. The van der Waals surface area contributed by atoms with Gasteiger partial charge in [0.05, 0.1) is 11.4 Å². The average Bonchev–Trinajstić information content (AvgIpc) is 2.30. The summed E-state index contributed by atoms with van der Waals surface area (Å²) in [6.07, 6.45) is 0. The van der Waals surface area contributed by atoms with Gasteiger partial charge < -0.3 is 22.1 Å². The molecule has 0 aliphatic carbocycles. The Hall–Kier alpha value is -2.24. The maximum atomic E-state index is 11.4. The van der Waals surface area contributed by atoms with Crippen molar-refractivity contribution in [1.29, 1.82) is 0 Å². The highest BCUT2D eigenvalue weighted by Gasteiger charge is 2.25. The maximum absolute atomic E-state index is 11.4. The minimum Gasteiger partial charge on any atom is -0.397 e. The summed E-state index contributed by atoms with van der Waals surface area (Å²) in [6, 6.07) is 4.80. The summed E-state index contributed by atoms with van der Waals surface area (Å²) in [7, 11) is 1.54. The lowest BCUT2D eigenvalue weighted by Crippen LogP contribution is -2.45. The van der Waals surface area contributed by atoms with Gasteiger partial charge in [0.25, 0.3) is 5.91 Å². The van der Waals surface area contributed by atoms with E-state index in [4.69, 9.17) is 11.5 Å². The smallest absolute Gasteiger partial charge is 0.251 e. The van der Waals surface area contributed by atoms with E-state index in [1.807, 2.05) is 0 Å². The SMILES string of the molecule is CNC(=O)c1ccc(NC(C)(C)C(N)=O)c(N)c1. The van der Waals surface area contributed by atoms with Crippen LogP contribution in [0.3, 0.4) is 0 Å². The van der Waals surface area contributed by atoms with Gasteiger partial charge in [-0.1, -0.05) is 0 Å². The number of primary amides is 1. The highest BCUT2D eigenvalue weighted by molar-refractivity contribution is 5.96. The van der Waals surface area contributed by atoms with Gasteiger partial charge in [-0.05, 0) is 32.0 Å². The molecule has 0 radical (unpaired) electrons. The second kappa shape index (κ2) is 4.95. The lowest BCUT2D eigenvalue weighted by molar-refractivity contribution is -0.121. The molecule has 0 atom stereocenters. The van der Waals surface area contributed by atoms with Crippen molar-refractivity contribution in [2.24, 2.45) is 5.73 Å². The number of nitrogens with one attached hydrogen (secondary N) is 2. The number of hydrogen-bond acceptors (Lipinski definition) is 4. The first kappa shape index (κ1) is 13.8. The molecule has 0 saturated carbocycles. The van der Waals surface area contributed by atoms with Gasteiger partial charge in [0.15, 0.2) is 0 Å². The number of amides is 2. The van der Waals surface area contributed by atoms with E-state index in [1.165, 1.54) is 6.07 Å². The quantitative estimate of drug-likeness (QED) is 0.576. The molecule has 0 heterocycles. The standard InChI is InChI=1S/C12H18N4O2/c1-12(2,11(14)18)16-9-5-4-7(6-8(9)13)10(17)15-3/h4-6,16H,13H2,1-3H3,(H2,14,18)(H,15,17). The molecule has 1 rings (SSSR count). The van der Waals surface area contributed by atoms with Crippen LogP contribution in [0.1, 0.15) is 24.2 Å². The molecule has 6 N–H and O–H groups in total. The summed E-state index contributed by atoms with van der Waals surface area (Å²) in [5, 5.41) is 5.44. The Bertz CT molecular complexity index is 483. The van der Waals surface area contributed by atoms with Gasteiger partial charge in [0.2, 0.25) is 5.91 Å². The number of hydrogen-bond donors (Lipinski definition) is 4. The van der Waals surface area contributed by atoms with Crippen molar-refractivity contribution < 1.29 is 9.59 Å². The van der Waals surface area contributed by atoms with E-state index < -0.39 is 11.4 Å². The van der Waals surface area contributed by atoms with Crippen LogP contribution in [-0.2, 0) is 4.79 Å². The monoisotopic (exact) mass is 250 g/mol. The lowest BCUT2D eigenvalue weighted by Gasteiger charge is -2.24. The molecule has 6 heteroatoms. The molecule has 2 amide bonds. The predicted octanol–water partition coefficient (Wildman–Crippen LogP) is 0.304. The fourth-order valence-corrected chi connectivity index (χ4v) is 1.36. The molecule has 0 saturated heterocycles.